The molecule has 3 heterocycles. The van der Waals surface area contributed by atoms with Crippen LogP contribution in [0.5, 0.6) is 0 Å². The van der Waals surface area contributed by atoms with Crippen molar-refractivity contribution in [3.63, 3.8) is 0 Å². The number of nitrogens with zero attached hydrogens (tertiary/aromatic N) is 4. The van der Waals surface area contributed by atoms with E-state index in [2.05, 4.69) is 38.9 Å². The zero-order valence-corrected chi connectivity index (χ0v) is 15.9. The average Bonchev–Trinajstić information content (AvgIpc) is 3.30. The summed E-state index contributed by atoms with van der Waals surface area (Å²) in [5.41, 5.74) is 10.4. The largest absolute Gasteiger partial charge is 0.381 e. The van der Waals surface area contributed by atoms with Crippen LogP contribution in [-0.2, 0) is 6.54 Å². The van der Waals surface area contributed by atoms with Gasteiger partial charge in [-0.3, -0.25) is 9.20 Å². The van der Waals surface area contributed by atoms with Crippen LogP contribution < -0.4 is 5.73 Å². The Balaban J connectivity index is 1.56. The van der Waals surface area contributed by atoms with E-state index < -0.39 is 0 Å². The van der Waals surface area contributed by atoms with Crippen molar-refractivity contribution in [2.45, 2.75) is 32.4 Å². The highest BCUT2D eigenvalue weighted by molar-refractivity contribution is 9.10. The first-order valence-corrected chi connectivity index (χ1v) is 9.55. The van der Waals surface area contributed by atoms with Crippen LogP contribution in [-0.4, -0.2) is 31.2 Å². The smallest absolute Gasteiger partial charge is 0.254 e. The summed E-state index contributed by atoms with van der Waals surface area (Å²) >= 11 is 3.38. The first kappa shape index (κ1) is 15.8. The van der Waals surface area contributed by atoms with Gasteiger partial charge in [0.1, 0.15) is 4.60 Å². The van der Waals surface area contributed by atoms with E-state index in [1.165, 1.54) is 12.8 Å². The third-order valence-electron chi connectivity index (χ3n) is 5.52. The van der Waals surface area contributed by atoms with Crippen molar-refractivity contribution in [2.75, 3.05) is 5.73 Å². The van der Waals surface area contributed by atoms with Crippen LogP contribution in [0.1, 0.15) is 35.7 Å². The number of imidazole rings is 1. The number of nitrogens with two attached hydrogens (primary N) is 1. The Morgan fingerprint density at radius 2 is 2.15 bits per heavy atom. The first-order valence-electron chi connectivity index (χ1n) is 8.76. The molecule has 0 saturated heterocycles. The molecule has 0 unspecified atom stereocenters. The van der Waals surface area contributed by atoms with Crippen LogP contribution in [0.3, 0.4) is 0 Å². The zero-order valence-electron chi connectivity index (χ0n) is 14.3. The Morgan fingerprint density at radius 1 is 1.35 bits per heavy atom. The van der Waals surface area contributed by atoms with E-state index >= 15 is 0 Å². The number of nitrogen functional groups attached to an aromatic ring is 1. The van der Waals surface area contributed by atoms with Crippen molar-refractivity contribution in [1.82, 2.24) is 19.3 Å². The van der Waals surface area contributed by atoms with Gasteiger partial charge in [0.25, 0.3) is 5.91 Å². The first-order chi connectivity index (χ1) is 12.5. The standard InChI is InChI=1S/C19H18BrN5O/c1-10(11-2-3-11)24-8-13-6-12(4-5-14(13)19(24)26)15-7-22-18-17(21)23-16(20)9-25(15)18/h4-7,9-11H,2-3,8H2,1H3,(H2,21,23)/t10-/m0/s1. The molecule has 5 rings (SSSR count). The van der Waals surface area contributed by atoms with Gasteiger partial charge in [-0.15, -0.1) is 0 Å². The van der Waals surface area contributed by atoms with E-state index in [9.17, 15) is 4.79 Å². The molecule has 1 atom stereocenters. The maximum atomic E-state index is 12.7. The molecular formula is C19H18BrN5O. The van der Waals surface area contributed by atoms with Crippen molar-refractivity contribution in [1.29, 1.82) is 0 Å². The third kappa shape index (κ3) is 2.34. The van der Waals surface area contributed by atoms with Crippen LogP contribution in [0.25, 0.3) is 16.9 Å². The van der Waals surface area contributed by atoms with Gasteiger partial charge in [-0.05, 0) is 59.3 Å². The molecule has 2 aliphatic rings. The van der Waals surface area contributed by atoms with Gasteiger partial charge < -0.3 is 10.6 Å². The molecule has 1 aromatic carbocycles. The van der Waals surface area contributed by atoms with Crippen molar-refractivity contribution in [3.8, 4) is 11.3 Å². The quantitative estimate of drug-likeness (QED) is 0.715. The number of fused-ring (bicyclic) bond motifs is 2. The fourth-order valence-electron chi connectivity index (χ4n) is 3.86. The van der Waals surface area contributed by atoms with Crippen LogP contribution in [0.4, 0.5) is 5.82 Å². The topological polar surface area (TPSA) is 76.5 Å². The van der Waals surface area contributed by atoms with E-state index in [0.29, 0.717) is 34.6 Å². The van der Waals surface area contributed by atoms with Gasteiger partial charge in [0.2, 0.25) is 0 Å². The number of benzene rings is 1. The number of hydrogen-bond acceptors (Lipinski definition) is 4. The number of carbonyl (C=O) groups excluding carboxylic acids is 1. The average molecular weight is 412 g/mol. The number of halogens is 1. The van der Waals surface area contributed by atoms with Gasteiger partial charge >= 0.3 is 0 Å². The maximum absolute atomic E-state index is 12.7. The molecule has 132 valence electrons. The van der Waals surface area contributed by atoms with Gasteiger partial charge in [-0.25, -0.2) is 9.97 Å². The second kappa shape index (κ2) is 5.54. The fraction of sp³-hybridized carbons (Fsp3) is 0.316. The molecular weight excluding hydrogens is 394 g/mol. The summed E-state index contributed by atoms with van der Waals surface area (Å²) in [4.78, 5) is 23.3. The number of anilines is 1. The molecule has 1 aliphatic carbocycles. The second-order valence-corrected chi connectivity index (χ2v) is 7.98. The Morgan fingerprint density at radius 3 is 2.92 bits per heavy atom. The molecule has 2 aromatic heterocycles. The minimum absolute atomic E-state index is 0.153. The fourth-order valence-corrected chi connectivity index (χ4v) is 4.26. The Labute approximate surface area is 159 Å². The van der Waals surface area contributed by atoms with E-state index in [-0.39, 0.29) is 5.91 Å². The normalized spacial score (nSPS) is 17.8. The number of aromatic nitrogens is 3. The monoisotopic (exact) mass is 411 g/mol. The summed E-state index contributed by atoms with van der Waals surface area (Å²) in [5.74, 6) is 1.20. The number of carbonyl (C=O) groups is 1. The summed E-state index contributed by atoms with van der Waals surface area (Å²) in [6.45, 7) is 2.85. The van der Waals surface area contributed by atoms with Gasteiger partial charge in [0.15, 0.2) is 11.5 Å². The van der Waals surface area contributed by atoms with Crippen LogP contribution in [0, 0.1) is 5.92 Å². The molecule has 0 radical (unpaired) electrons. The second-order valence-electron chi connectivity index (χ2n) is 7.17. The van der Waals surface area contributed by atoms with E-state index in [0.717, 1.165) is 22.4 Å². The Kier molecular flexibility index (Phi) is 3.37. The zero-order chi connectivity index (χ0) is 18.0. The van der Waals surface area contributed by atoms with Gasteiger partial charge in [0.05, 0.1) is 11.9 Å². The predicted octanol–water partition coefficient (Wildman–Crippen LogP) is 3.50. The molecule has 0 bridgehead atoms. The summed E-state index contributed by atoms with van der Waals surface area (Å²) in [6, 6.07) is 6.33. The SMILES string of the molecule is C[C@@H](C1CC1)N1Cc2cc(-c3cnc4c(N)nc(Br)cn34)ccc2C1=O. The molecule has 6 nitrogen and oxygen atoms in total. The van der Waals surface area contributed by atoms with E-state index in [1.54, 1.807) is 6.20 Å². The summed E-state index contributed by atoms with van der Waals surface area (Å²) in [7, 11) is 0. The Hall–Kier alpha value is -2.41. The number of amides is 1. The number of rotatable bonds is 3. The highest BCUT2D eigenvalue weighted by atomic mass is 79.9. The molecule has 7 heteroatoms. The lowest BCUT2D eigenvalue weighted by Gasteiger charge is -2.23. The molecule has 2 N–H and O–H groups in total. The van der Waals surface area contributed by atoms with Crippen LogP contribution >= 0.6 is 15.9 Å². The lowest BCUT2D eigenvalue weighted by Crippen LogP contribution is -2.34. The van der Waals surface area contributed by atoms with Crippen LogP contribution in [0.2, 0.25) is 0 Å². The Bertz CT molecular complexity index is 1060. The van der Waals surface area contributed by atoms with E-state index in [4.69, 9.17) is 5.73 Å². The maximum Gasteiger partial charge on any atom is 0.254 e. The van der Waals surface area contributed by atoms with Crippen molar-refractivity contribution in [2.24, 2.45) is 5.92 Å². The van der Waals surface area contributed by atoms with E-state index in [1.807, 2.05) is 27.6 Å². The summed E-state index contributed by atoms with van der Waals surface area (Å²) < 4.78 is 2.58. The lowest BCUT2D eigenvalue weighted by molar-refractivity contribution is 0.0697. The molecule has 1 aliphatic heterocycles. The van der Waals surface area contributed by atoms with Crippen molar-refractivity contribution >= 4 is 33.3 Å². The van der Waals surface area contributed by atoms with Crippen LogP contribution in [0.15, 0.2) is 35.2 Å². The molecule has 1 saturated carbocycles. The molecule has 1 fully saturated rings. The van der Waals surface area contributed by atoms with Crippen molar-refractivity contribution in [3.05, 3.63) is 46.3 Å². The van der Waals surface area contributed by atoms with Gasteiger partial charge in [-0.1, -0.05) is 6.07 Å². The molecule has 1 amide bonds. The highest BCUT2D eigenvalue weighted by Crippen LogP contribution is 2.39. The lowest BCUT2D eigenvalue weighted by atomic mass is 10.0. The predicted molar refractivity (Wildman–Crippen MR) is 103 cm³/mol. The van der Waals surface area contributed by atoms with Gasteiger partial charge in [-0.2, -0.15) is 0 Å². The molecule has 0 spiro atoms. The number of hydrogen-bond donors (Lipinski definition) is 1. The summed E-state index contributed by atoms with van der Waals surface area (Å²) in [5, 5.41) is 0. The molecule has 26 heavy (non-hydrogen) atoms. The van der Waals surface area contributed by atoms with Gasteiger partial charge in [0, 0.05) is 29.9 Å². The minimum Gasteiger partial charge on any atom is -0.381 e. The van der Waals surface area contributed by atoms with Crippen molar-refractivity contribution < 1.29 is 4.79 Å². The minimum atomic E-state index is 0.153. The highest BCUT2D eigenvalue weighted by Gasteiger charge is 2.38. The summed E-state index contributed by atoms with van der Waals surface area (Å²) in [6.07, 6.45) is 6.12. The third-order valence-corrected chi connectivity index (χ3v) is 5.90. The molecule has 3 aromatic rings.